The van der Waals surface area contributed by atoms with E-state index in [-0.39, 0.29) is 11.6 Å². The molecule has 1 fully saturated rings. The van der Waals surface area contributed by atoms with E-state index >= 15 is 0 Å². The second kappa shape index (κ2) is 3.39. The van der Waals surface area contributed by atoms with Crippen molar-refractivity contribution < 1.29 is 4.39 Å². The van der Waals surface area contributed by atoms with Crippen molar-refractivity contribution in [1.82, 2.24) is 0 Å². The average molecular weight is 190 g/mol. The Balaban J connectivity index is 2.41. The molecule has 2 N–H and O–H groups in total. The lowest BCUT2D eigenvalue weighted by Crippen LogP contribution is -2.14. The van der Waals surface area contributed by atoms with Crippen molar-refractivity contribution >= 4 is 0 Å². The van der Waals surface area contributed by atoms with E-state index in [0.29, 0.717) is 11.5 Å². The van der Waals surface area contributed by atoms with Crippen LogP contribution in [-0.4, -0.2) is 0 Å². The van der Waals surface area contributed by atoms with E-state index in [9.17, 15) is 4.39 Å². The van der Waals surface area contributed by atoms with Gasteiger partial charge in [0.25, 0.3) is 0 Å². The third-order valence-corrected chi connectivity index (χ3v) is 2.65. The molecule has 0 aromatic heterocycles. The molecular formula is C11H11FN2. The normalized spacial score (nSPS) is 17.5. The molecule has 1 aliphatic carbocycles. The molecule has 0 saturated heterocycles. The van der Waals surface area contributed by atoms with Crippen molar-refractivity contribution in [2.45, 2.75) is 18.9 Å². The third-order valence-electron chi connectivity index (χ3n) is 2.65. The Morgan fingerprint density at radius 3 is 2.79 bits per heavy atom. The van der Waals surface area contributed by atoms with Crippen LogP contribution in [-0.2, 0) is 0 Å². The van der Waals surface area contributed by atoms with Crippen molar-refractivity contribution in [2.24, 2.45) is 11.7 Å². The highest BCUT2D eigenvalue weighted by Gasteiger charge is 2.31. The monoisotopic (exact) mass is 190 g/mol. The van der Waals surface area contributed by atoms with Gasteiger partial charge in [-0.3, -0.25) is 0 Å². The highest BCUT2D eigenvalue weighted by Crippen LogP contribution is 2.40. The van der Waals surface area contributed by atoms with Gasteiger partial charge in [-0.15, -0.1) is 0 Å². The molecule has 1 saturated carbocycles. The molecular weight excluding hydrogens is 179 g/mol. The van der Waals surface area contributed by atoms with Gasteiger partial charge in [0.15, 0.2) is 0 Å². The van der Waals surface area contributed by atoms with Crippen molar-refractivity contribution in [3.63, 3.8) is 0 Å². The first-order valence-corrected chi connectivity index (χ1v) is 4.68. The zero-order valence-electron chi connectivity index (χ0n) is 7.70. The highest BCUT2D eigenvalue weighted by molar-refractivity contribution is 5.41. The standard InChI is InChI=1S/C11H11FN2/c12-10-3-1-2-8(9(10)6-13)11(14)7-4-5-7/h1-3,7,11H,4-5,14H2/t11-/m1/s1. The lowest BCUT2D eigenvalue weighted by atomic mass is 9.98. The van der Waals surface area contributed by atoms with E-state index in [1.807, 2.05) is 6.07 Å². The van der Waals surface area contributed by atoms with Gasteiger partial charge in [-0.2, -0.15) is 5.26 Å². The maximum Gasteiger partial charge on any atom is 0.141 e. The summed E-state index contributed by atoms with van der Waals surface area (Å²) in [5, 5.41) is 8.80. The molecule has 0 unspecified atom stereocenters. The maximum absolute atomic E-state index is 13.2. The molecule has 14 heavy (non-hydrogen) atoms. The molecule has 0 bridgehead atoms. The Morgan fingerprint density at radius 2 is 2.21 bits per heavy atom. The summed E-state index contributed by atoms with van der Waals surface area (Å²) in [5.74, 6) is -0.0370. The largest absolute Gasteiger partial charge is 0.324 e. The summed E-state index contributed by atoms with van der Waals surface area (Å²) in [6, 6.07) is 6.33. The molecule has 3 heteroatoms. The van der Waals surface area contributed by atoms with Gasteiger partial charge in [0.2, 0.25) is 0 Å². The van der Waals surface area contributed by atoms with E-state index in [1.165, 1.54) is 6.07 Å². The predicted octanol–water partition coefficient (Wildman–Crippen LogP) is 2.11. The first-order valence-electron chi connectivity index (χ1n) is 4.68. The fourth-order valence-electron chi connectivity index (χ4n) is 1.65. The van der Waals surface area contributed by atoms with Crippen LogP contribution in [0.3, 0.4) is 0 Å². The van der Waals surface area contributed by atoms with E-state index < -0.39 is 5.82 Å². The summed E-state index contributed by atoms with van der Waals surface area (Å²) >= 11 is 0. The number of benzene rings is 1. The molecule has 72 valence electrons. The lowest BCUT2D eigenvalue weighted by molar-refractivity contribution is 0.597. The molecule has 0 spiro atoms. The molecule has 0 aliphatic heterocycles. The van der Waals surface area contributed by atoms with Crippen LogP contribution in [0.2, 0.25) is 0 Å². The predicted molar refractivity (Wildman–Crippen MR) is 50.8 cm³/mol. The van der Waals surface area contributed by atoms with Gasteiger partial charge in [0.1, 0.15) is 11.9 Å². The van der Waals surface area contributed by atoms with Gasteiger partial charge in [0.05, 0.1) is 5.56 Å². The Bertz CT molecular complexity index is 391. The topological polar surface area (TPSA) is 49.8 Å². The molecule has 1 atom stereocenters. The number of nitrogens with two attached hydrogens (primary N) is 1. The van der Waals surface area contributed by atoms with Crippen LogP contribution in [0.5, 0.6) is 0 Å². The van der Waals surface area contributed by atoms with Gasteiger partial charge in [0, 0.05) is 6.04 Å². The smallest absolute Gasteiger partial charge is 0.141 e. The van der Waals surface area contributed by atoms with Crippen molar-refractivity contribution in [1.29, 1.82) is 5.26 Å². The number of hydrogen-bond acceptors (Lipinski definition) is 2. The van der Waals surface area contributed by atoms with E-state index in [1.54, 1.807) is 12.1 Å². The number of rotatable bonds is 2. The Labute approximate surface area is 82.1 Å². The van der Waals surface area contributed by atoms with Crippen LogP contribution in [0.4, 0.5) is 4.39 Å². The molecule has 1 aromatic rings. The third kappa shape index (κ3) is 1.49. The summed E-state index contributed by atoms with van der Waals surface area (Å²) in [4.78, 5) is 0. The Kier molecular flexibility index (Phi) is 2.22. The number of nitrogens with zero attached hydrogens (tertiary/aromatic N) is 1. The second-order valence-corrected chi connectivity index (χ2v) is 3.68. The summed E-state index contributed by atoms with van der Waals surface area (Å²) in [5.41, 5.74) is 6.68. The van der Waals surface area contributed by atoms with Gasteiger partial charge in [-0.05, 0) is 30.4 Å². The fraction of sp³-hybridized carbons (Fsp3) is 0.364. The van der Waals surface area contributed by atoms with E-state index in [4.69, 9.17) is 11.0 Å². The minimum absolute atomic E-state index is 0.104. The first kappa shape index (κ1) is 9.17. The minimum atomic E-state index is -0.471. The Hall–Kier alpha value is -1.40. The van der Waals surface area contributed by atoms with Crippen molar-refractivity contribution in [2.75, 3.05) is 0 Å². The molecule has 0 radical (unpaired) electrons. The lowest BCUT2D eigenvalue weighted by Gasteiger charge is -2.12. The molecule has 0 amide bonds. The minimum Gasteiger partial charge on any atom is -0.324 e. The molecule has 0 heterocycles. The van der Waals surface area contributed by atoms with Crippen LogP contribution in [0.25, 0.3) is 0 Å². The van der Waals surface area contributed by atoms with Gasteiger partial charge < -0.3 is 5.73 Å². The summed E-state index contributed by atoms with van der Waals surface area (Å²) in [6.45, 7) is 0. The average Bonchev–Trinajstić information content (AvgIpc) is 2.99. The second-order valence-electron chi connectivity index (χ2n) is 3.68. The zero-order valence-corrected chi connectivity index (χ0v) is 7.70. The number of nitriles is 1. The van der Waals surface area contributed by atoms with Crippen molar-refractivity contribution in [3.05, 3.63) is 35.1 Å². The van der Waals surface area contributed by atoms with Crippen LogP contribution in [0.15, 0.2) is 18.2 Å². The highest BCUT2D eigenvalue weighted by atomic mass is 19.1. The molecule has 1 aromatic carbocycles. The molecule has 1 aliphatic rings. The van der Waals surface area contributed by atoms with E-state index in [0.717, 1.165) is 12.8 Å². The van der Waals surface area contributed by atoms with Crippen LogP contribution >= 0.6 is 0 Å². The van der Waals surface area contributed by atoms with E-state index in [2.05, 4.69) is 0 Å². The Morgan fingerprint density at radius 1 is 1.50 bits per heavy atom. The number of halogens is 1. The maximum atomic E-state index is 13.2. The molecule has 2 nitrogen and oxygen atoms in total. The quantitative estimate of drug-likeness (QED) is 0.776. The van der Waals surface area contributed by atoms with Crippen LogP contribution in [0.1, 0.15) is 30.0 Å². The van der Waals surface area contributed by atoms with Gasteiger partial charge >= 0.3 is 0 Å². The van der Waals surface area contributed by atoms with Crippen molar-refractivity contribution in [3.8, 4) is 6.07 Å². The summed E-state index contributed by atoms with van der Waals surface area (Å²) in [6.07, 6.45) is 2.17. The first-order chi connectivity index (χ1) is 6.74. The summed E-state index contributed by atoms with van der Waals surface area (Å²) in [7, 11) is 0. The summed E-state index contributed by atoms with van der Waals surface area (Å²) < 4.78 is 13.2. The van der Waals surface area contributed by atoms with Crippen LogP contribution < -0.4 is 5.73 Å². The van der Waals surface area contributed by atoms with Gasteiger partial charge in [-0.25, -0.2) is 4.39 Å². The van der Waals surface area contributed by atoms with Gasteiger partial charge in [-0.1, -0.05) is 12.1 Å². The van der Waals surface area contributed by atoms with Crippen LogP contribution in [0, 0.1) is 23.1 Å². The number of hydrogen-bond donors (Lipinski definition) is 1. The molecule has 2 rings (SSSR count). The fourth-order valence-corrected chi connectivity index (χ4v) is 1.65. The zero-order chi connectivity index (χ0) is 10.1. The SMILES string of the molecule is N#Cc1c(F)cccc1[C@H](N)C1CC1.